The molecule has 3 aromatic rings. The molecule has 9 nitrogen and oxygen atoms in total. The number of imide groups is 1. The van der Waals surface area contributed by atoms with Crippen molar-refractivity contribution in [3.8, 4) is 6.07 Å². The second kappa shape index (κ2) is 7.00. The number of nitriles is 1. The Kier molecular flexibility index (Phi) is 4.17. The van der Waals surface area contributed by atoms with Gasteiger partial charge in [-0.3, -0.25) is 10.1 Å². The average molecular weight is 399 g/mol. The van der Waals surface area contributed by atoms with E-state index in [9.17, 15) is 9.59 Å². The number of amides is 3. The number of benzene rings is 1. The summed E-state index contributed by atoms with van der Waals surface area (Å²) in [5, 5.41) is 21.7. The monoisotopic (exact) mass is 399 g/mol. The van der Waals surface area contributed by atoms with Gasteiger partial charge in [0.15, 0.2) is 5.65 Å². The first-order valence-electron chi connectivity index (χ1n) is 9.56. The molecule has 2 aromatic heterocycles. The van der Waals surface area contributed by atoms with Crippen LogP contribution in [-0.2, 0) is 11.2 Å². The predicted molar refractivity (Wildman–Crippen MR) is 108 cm³/mol. The number of hydrogen-bond donors (Lipinski definition) is 3. The van der Waals surface area contributed by atoms with E-state index in [0.717, 1.165) is 29.9 Å². The fourth-order valence-electron chi connectivity index (χ4n) is 3.36. The minimum absolute atomic E-state index is 0.153. The fraction of sp³-hybridized carbons (Fsp3) is 0.190. The number of carbonyl (C=O) groups excluding carboxylic acids is 2. The van der Waals surface area contributed by atoms with Gasteiger partial charge in [0.25, 0.3) is 5.91 Å². The molecule has 3 amide bonds. The second-order valence-electron chi connectivity index (χ2n) is 7.34. The van der Waals surface area contributed by atoms with E-state index in [1.165, 1.54) is 0 Å². The summed E-state index contributed by atoms with van der Waals surface area (Å²) in [6.07, 6.45) is 5.94. The molecular formula is C21H17N7O2. The Labute approximate surface area is 171 Å². The summed E-state index contributed by atoms with van der Waals surface area (Å²) in [5.74, 6) is 0.332. The Morgan fingerprint density at radius 2 is 2.13 bits per heavy atom. The highest BCUT2D eigenvalue weighted by Gasteiger charge is 2.25. The quantitative estimate of drug-likeness (QED) is 0.445. The van der Waals surface area contributed by atoms with E-state index in [-0.39, 0.29) is 5.70 Å². The maximum atomic E-state index is 11.9. The summed E-state index contributed by atoms with van der Waals surface area (Å²) in [6, 6.07) is 11.4. The zero-order chi connectivity index (χ0) is 20.7. The third-order valence-corrected chi connectivity index (χ3v) is 4.94. The van der Waals surface area contributed by atoms with Crippen LogP contribution >= 0.6 is 0 Å². The third-order valence-electron chi connectivity index (χ3n) is 4.94. The number of rotatable bonds is 5. The number of nitrogens with zero attached hydrogens (tertiary/aromatic N) is 4. The minimum Gasteiger partial charge on any atom is -0.367 e. The third kappa shape index (κ3) is 3.46. The molecular weight excluding hydrogens is 382 g/mol. The Bertz CT molecular complexity index is 1260. The molecule has 2 fully saturated rings. The molecule has 3 heterocycles. The van der Waals surface area contributed by atoms with Gasteiger partial charge in [-0.25, -0.2) is 9.78 Å². The molecule has 1 aliphatic carbocycles. The molecule has 1 aliphatic heterocycles. The van der Waals surface area contributed by atoms with Crippen LogP contribution in [0.4, 0.5) is 10.6 Å². The van der Waals surface area contributed by atoms with E-state index < -0.39 is 11.9 Å². The number of urea groups is 1. The first-order valence-corrected chi connectivity index (χ1v) is 9.56. The molecule has 0 atom stereocenters. The Morgan fingerprint density at radius 3 is 2.87 bits per heavy atom. The Morgan fingerprint density at radius 1 is 1.27 bits per heavy atom. The van der Waals surface area contributed by atoms with Crippen molar-refractivity contribution in [2.75, 3.05) is 5.32 Å². The van der Waals surface area contributed by atoms with Gasteiger partial charge in [0.05, 0.1) is 23.5 Å². The lowest BCUT2D eigenvalue weighted by Crippen LogP contribution is -2.22. The predicted octanol–water partition coefficient (Wildman–Crippen LogP) is 1.95. The van der Waals surface area contributed by atoms with Crippen molar-refractivity contribution in [3.63, 3.8) is 0 Å². The van der Waals surface area contributed by atoms with Crippen LogP contribution in [0, 0.1) is 11.3 Å². The molecule has 3 N–H and O–H groups in total. The van der Waals surface area contributed by atoms with Crippen molar-refractivity contribution in [2.24, 2.45) is 0 Å². The SMILES string of the molecule is N#Cc1cccc(Cc2cc(NC3CC3)n3ncc(/C=C4\NC(=O)NC4=O)c3n2)c1. The Hall–Kier alpha value is -4.19. The van der Waals surface area contributed by atoms with Gasteiger partial charge in [-0.15, -0.1) is 0 Å². The highest BCUT2D eigenvalue weighted by molar-refractivity contribution is 6.14. The van der Waals surface area contributed by atoms with E-state index in [0.29, 0.717) is 29.2 Å². The summed E-state index contributed by atoms with van der Waals surface area (Å²) < 4.78 is 1.70. The molecule has 1 aromatic carbocycles. The van der Waals surface area contributed by atoms with E-state index >= 15 is 0 Å². The summed E-state index contributed by atoms with van der Waals surface area (Å²) in [5.41, 5.74) is 3.73. The van der Waals surface area contributed by atoms with Crippen molar-refractivity contribution >= 4 is 29.5 Å². The molecule has 0 spiro atoms. The number of carbonyl (C=O) groups is 2. The first-order chi connectivity index (χ1) is 14.6. The van der Waals surface area contributed by atoms with E-state index in [1.807, 2.05) is 24.3 Å². The lowest BCUT2D eigenvalue weighted by atomic mass is 10.1. The van der Waals surface area contributed by atoms with Crippen LogP contribution in [0.2, 0.25) is 0 Å². The lowest BCUT2D eigenvalue weighted by Gasteiger charge is -2.10. The molecule has 30 heavy (non-hydrogen) atoms. The lowest BCUT2D eigenvalue weighted by molar-refractivity contribution is -0.115. The van der Waals surface area contributed by atoms with E-state index in [2.05, 4.69) is 27.1 Å². The second-order valence-corrected chi connectivity index (χ2v) is 7.34. The van der Waals surface area contributed by atoms with Crippen molar-refractivity contribution in [1.29, 1.82) is 5.26 Å². The zero-order valence-corrected chi connectivity index (χ0v) is 15.8. The fourth-order valence-corrected chi connectivity index (χ4v) is 3.36. The van der Waals surface area contributed by atoms with Crippen molar-refractivity contribution in [2.45, 2.75) is 25.3 Å². The number of anilines is 1. The van der Waals surface area contributed by atoms with Gasteiger partial charge in [0.1, 0.15) is 11.5 Å². The summed E-state index contributed by atoms with van der Waals surface area (Å²) in [4.78, 5) is 28.0. The van der Waals surface area contributed by atoms with Crippen LogP contribution in [0.3, 0.4) is 0 Å². The highest BCUT2D eigenvalue weighted by Crippen LogP contribution is 2.27. The largest absolute Gasteiger partial charge is 0.367 e. The van der Waals surface area contributed by atoms with Gasteiger partial charge in [-0.2, -0.15) is 14.9 Å². The normalized spacial score (nSPS) is 17.1. The smallest absolute Gasteiger partial charge is 0.326 e. The maximum absolute atomic E-state index is 11.9. The molecule has 0 unspecified atom stereocenters. The van der Waals surface area contributed by atoms with Gasteiger partial charge in [0, 0.05) is 24.1 Å². The summed E-state index contributed by atoms with van der Waals surface area (Å²) >= 11 is 0. The highest BCUT2D eigenvalue weighted by atomic mass is 16.2. The van der Waals surface area contributed by atoms with E-state index in [4.69, 9.17) is 10.2 Å². The van der Waals surface area contributed by atoms with Crippen molar-refractivity contribution < 1.29 is 9.59 Å². The molecule has 0 radical (unpaired) electrons. The molecule has 5 rings (SSSR count). The molecule has 9 heteroatoms. The molecule has 0 bridgehead atoms. The maximum Gasteiger partial charge on any atom is 0.326 e. The summed E-state index contributed by atoms with van der Waals surface area (Å²) in [7, 11) is 0. The van der Waals surface area contributed by atoms with Crippen LogP contribution in [0.25, 0.3) is 11.7 Å². The van der Waals surface area contributed by atoms with Crippen LogP contribution in [0.1, 0.15) is 35.2 Å². The number of aromatic nitrogens is 3. The number of hydrogen-bond acceptors (Lipinski definition) is 6. The molecule has 148 valence electrons. The van der Waals surface area contributed by atoms with Gasteiger partial charge in [-0.05, 0) is 36.6 Å². The van der Waals surface area contributed by atoms with Crippen molar-refractivity contribution in [1.82, 2.24) is 25.2 Å². The van der Waals surface area contributed by atoms with Crippen LogP contribution in [-0.4, -0.2) is 32.6 Å². The minimum atomic E-state index is -0.551. The van der Waals surface area contributed by atoms with E-state index in [1.54, 1.807) is 22.9 Å². The van der Waals surface area contributed by atoms with Gasteiger partial charge in [0.2, 0.25) is 0 Å². The standard InChI is InChI=1S/C21H17N7O2/c22-10-13-3-1-2-12(6-13)7-16-9-18(24-15-4-5-15)28-19(25-16)14(11-23-28)8-17-20(29)27-21(30)26-17/h1-3,6,8-9,11,15,24H,4-5,7H2,(H2,26,27,29,30)/b17-8-. The van der Waals surface area contributed by atoms with Gasteiger partial charge < -0.3 is 10.6 Å². The van der Waals surface area contributed by atoms with Crippen molar-refractivity contribution in [3.05, 3.63) is 64.6 Å². The number of nitrogens with one attached hydrogen (secondary N) is 3. The zero-order valence-electron chi connectivity index (χ0n) is 15.8. The van der Waals surface area contributed by atoms with Gasteiger partial charge >= 0.3 is 6.03 Å². The Balaban J connectivity index is 1.57. The topological polar surface area (TPSA) is 124 Å². The molecule has 1 saturated heterocycles. The first kappa shape index (κ1) is 17.9. The molecule has 2 aliphatic rings. The van der Waals surface area contributed by atoms with Crippen LogP contribution in [0.5, 0.6) is 0 Å². The molecule has 1 saturated carbocycles. The van der Waals surface area contributed by atoms with Crippen LogP contribution < -0.4 is 16.0 Å². The number of fused-ring (bicyclic) bond motifs is 1. The summed E-state index contributed by atoms with van der Waals surface area (Å²) in [6.45, 7) is 0. The average Bonchev–Trinajstić information content (AvgIpc) is 3.37. The van der Waals surface area contributed by atoms with Crippen LogP contribution in [0.15, 0.2) is 42.2 Å². The van der Waals surface area contributed by atoms with Gasteiger partial charge in [-0.1, -0.05) is 12.1 Å².